The van der Waals surface area contributed by atoms with Crippen LogP contribution < -0.4 is 10.6 Å². The van der Waals surface area contributed by atoms with Crippen molar-refractivity contribution in [3.05, 3.63) is 95.6 Å². The molecule has 0 aliphatic carbocycles. The number of carbonyl (C=O) groups is 3. The SMILES string of the molecule is COC(=O)c1cccc(C(=O)Nc2cccc(C(=O)Nc3ccccc3)c2)c1. The van der Waals surface area contributed by atoms with E-state index in [4.69, 9.17) is 0 Å². The van der Waals surface area contributed by atoms with Crippen LogP contribution in [0.15, 0.2) is 78.9 Å². The van der Waals surface area contributed by atoms with Crippen molar-refractivity contribution in [3.63, 3.8) is 0 Å². The lowest BCUT2D eigenvalue weighted by Gasteiger charge is -2.09. The smallest absolute Gasteiger partial charge is 0.337 e. The molecule has 3 aromatic carbocycles. The number of rotatable bonds is 5. The Hall–Kier alpha value is -3.93. The largest absolute Gasteiger partial charge is 0.465 e. The minimum atomic E-state index is -0.519. The molecule has 0 fully saturated rings. The highest BCUT2D eigenvalue weighted by molar-refractivity contribution is 6.08. The van der Waals surface area contributed by atoms with Crippen LogP contribution in [0.2, 0.25) is 0 Å². The van der Waals surface area contributed by atoms with Crippen LogP contribution in [0.5, 0.6) is 0 Å². The first-order chi connectivity index (χ1) is 13.6. The summed E-state index contributed by atoms with van der Waals surface area (Å²) in [4.78, 5) is 36.5. The Bertz CT molecular complexity index is 1020. The van der Waals surface area contributed by atoms with Crippen molar-refractivity contribution in [1.29, 1.82) is 0 Å². The molecule has 0 saturated carbocycles. The summed E-state index contributed by atoms with van der Waals surface area (Å²) in [6, 6.07) is 21.9. The molecular weight excluding hydrogens is 356 g/mol. The van der Waals surface area contributed by atoms with E-state index in [9.17, 15) is 14.4 Å². The van der Waals surface area contributed by atoms with Crippen LogP contribution in [-0.2, 0) is 4.74 Å². The minimum absolute atomic E-state index is 0.282. The van der Waals surface area contributed by atoms with Crippen LogP contribution in [0.4, 0.5) is 11.4 Å². The lowest BCUT2D eigenvalue weighted by molar-refractivity contribution is 0.0600. The van der Waals surface area contributed by atoms with E-state index in [1.165, 1.54) is 13.2 Å². The second-order valence-corrected chi connectivity index (χ2v) is 5.93. The number of methoxy groups -OCH3 is 1. The molecule has 6 nitrogen and oxygen atoms in total. The first kappa shape index (κ1) is 18.8. The van der Waals surface area contributed by atoms with Gasteiger partial charge in [-0.3, -0.25) is 9.59 Å². The molecule has 6 heteroatoms. The average molecular weight is 374 g/mol. The molecule has 0 unspecified atom stereocenters. The molecule has 0 radical (unpaired) electrons. The molecule has 3 rings (SSSR count). The summed E-state index contributed by atoms with van der Waals surface area (Å²) in [6.45, 7) is 0. The fraction of sp³-hybridized carbons (Fsp3) is 0.0455. The quantitative estimate of drug-likeness (QED) is 0.662. The van der Waals surface area contributed by atoms with Crippen molar-refractivity contribution in [3.8, 4) is 0 Å². The Morgan fingerprint density at radius 1 is 0.643 bits per heavy atom. The number of amides is 2. The summed E-state index contributed by atoms with van der Waals surface area (Å²) in [5, 5.41) is 5.52. The molecule has 28 heavy (non-hydrogen) atoms. The van der Waals surface area contributed by atoms with Gasteiger partial charge in [0.25, 0.3) is 11.8 Å². The van der Waals surface area contributed by atoms with E-state index in [-0.39, 0.29) is 11.5 Å². The second-order valence-electron chi connectivity index (χ2n) is 5.93. The number of benzene rings is 3. The minimum Gasteiger partial charge on any atom is -0.465 e. The summed E-state index contributed by atoms with van der Waals surface area (Å²) in [5.41, 5.74) is 2.15. The van der Waals surface area contributed by atoms with Crippen molar-refractivity contribution >= 4 is 29.2 Å². The summed E-state index contributed by atoms with van der Waals surface area (Å²) >= 11 is 0. The number of esters is 1. The van der Waals surface area contributed by atoms with Crippen LogP contribution in [0.3, 0.4) is 0 Å². The first-order valence-corrected chi connectivity index (χ1v) is 8.53. The van der Waals surface area contributed by atoms with Gasteiger partial charge in [0.15, 0.2) is 0 Å². The number of ether oxygens (including phenoxy) is 1. The topological polar surface area (TPSA) is 84.5 Å². The maximum atomic E-state index is 12.5. The Labute approximate surface area is 162 Å². The first-order valence-electron chi connectivity index (χ1n) is 8.53. The monoisotopic (exact) mass is 374 g/mol. The molecular formula is C22H18N2O4. The number of hydrogen-bond acceptors (Lipinski definition) is 4. The van der Waals surface area contributed by atoms with E-state index < -0.39 is 11.9 Å². The lowest BCUT2D eigenvalue weighted by atomic mass is 10.1. The fourth-order valence-electron chi connectivity index (χ4n) is 2.57. The molecule has 2 amide bonds. The van der Waals surface area contributed by atoms with Crippen LogP contribution in [0.25, 0.3) is 0 Å². The summed E-state index contributed by atoms with van der Waals surface area (Å²) in [5.74, 6) is -1.20. The number of nitrogens with one attached hydrogen (secondary N) is 2. The third-order valence-electron chi connectivity index (χ3n) is 3.96. The van der Waals surface area contributed by atoms with Gasteiger partial charge in [0.05, 0.1) is 12.7 Å². The normalized spacial score (nSPS) is 10.0. The van der Waals surface area contributed by atoms with E-state index in [0.29, 0.717) is 22.5 Å². The van der Waals surface area contributed by atoms with Gasteiger partial charge in [0.2, 0.25) is 0 Å². The van der Waals surface area contributed by atoms with Gasteiger partial charge in [-0.2, -0.15) is 0 Å². The van der Waals surface area contributed by atoms with Gasteiger partial charge in [0.1, 0.15) is 0 Å². The third kappa shape index (κ3) is 4.62. The van der Waals surface area contributed by atoms with Gasteiger partial charge in [-0.1, -0.05) is 30.3 Å². The van der Waals surface area contributed by atoms with Crippen molar-refractivity contribution in [2.24, 2.45) is 0 Å². The van der Waals surface area contributed by atoms with Crippen LogP contribution >= 0.6 is 0 Å². The Balaban J connectivity index is 1.73. The molecule has 0 heterocycles. The molecule has 2 N–H and O–H groups in total. The van der Waals surface area contributed by atoms with Gasteiger partial charge in [-0.05, 0) is 48.5 Å². The predicted molar refractivity (Wildman–Crippen MR) is 107 cm³/mol. The van der Waals surface area contributed by atoms with E-state index in [2.05, 4.69) is 15.4 Å². The highest BCUT2D eigenvalue weighted by Gasteiger charge is 2.12. The Kier molecular flexibility index (Phi) is 5.81. The van der Waals surface area contributed by atoms with Gasteiger partial charge in [-0.25, -0.2) is 4.79 Å². The third-order valence-corrected chi connectivity index (χ3v) is 3.96. The highest BCUT2D eigenvalue weighted by atomic mass is 16.5. The van der Waals surface area contributed by atoms with Gasteiger partial charge in [-0.15, -0.1) is 0 Å². The molecule has 3 aromatic rings. The second kappa shape index (κ2) is 8.64. The number of carbonyl (C=O) groups excluding carboxylic acids is 3. The van der Waals surface area contributed by atoms with E-state index in [0.717, 1.165) is 0 Å². The predicted octanol–water partition coefficient (Wildman–Crippen LogP) is 3.98. The van der Waals surface area contributed by atoms with Crippen LogP contribution in [0, 0.1) is 0 Å². The zero-order valence-electron chi connectivity index (χ0n) is 15.1. The zero-order chi connectivity index (χ0) is 19.9. The lowest BCUT2D eigenvalue weighted by Crippen LogP contribution is -2.15. The summed E-state index contributed by atoms with van der Waals surface area (Å²) in [7, 11) is 1.28. The zero-order valence-corrected chi connectivity index (χ0v) is 15.1. The van der Waals surface area contributed by atoms with Gasteiger partial charge in [0, 0.05) is 22.5 Å². The molecule has 0 aromatic heterocycles. The van der Waals surface area contributed by atoms with E-state index >= 15 is 0 Å². The summed E-state index contributed by atoms with van der Waals surface area (Å²) < 4.78 is 4.67. The fourth-order valence-corrected chi connectivity index (χ4v) is 2.57. The number of para-hydroxylation sites is 1. The molecule has 0 spiro atoms. The van der Waals surface area contributed by atoms with E-state index in [1.807, 2.05) is 18.2 Å². The van der Waals surface area contributed by atoms with Crippen LogP contribution in [0.1, 0.15) is 31.1 Å². The number of hydrogen-bond donors (Lipinski definition) is 2. The highest BCUT2D eigenvalue weighted by Crippen LogP contribution is 2.15. The Morgan fingerprint density at radius 3 is 1.86 bits per heavy atom. The Morgan fingerprint density at radius 2 is 1.18 bits per heavy atom. The molecule has 0 bridgehead atoms. The molecule has 0 aliphatic rings. The maximum absolute atomic E-state index is 12.5. The molecule has 0 aliphatic heterocycles. The van der Waals surface area contributed by atoms with Crippen molar-refractivity contribution in [2.45, 2.75) is 0 Å². The number of anilines is 2. The maximum Gasteiger partial charge on any atom is 0.337 e. The van der Waals surface area contributed by atoms with Crippen molar-refractivity contribution in [1.82, 2.24) is 0 Å². The molecule has 140 valence electrons. The van der Waals surface area contributed by atoms with Gasteiger partial charge < -0.3 is 15.4 Å². The van der Waals surface area contributed by atoms with Crippen molar-refractivity contribution in [2.75, 3.05) is 17.7 Å². The molecule has 0 saturated heterocycles. The van der Waals surface area contributed by atoms with Crippen molar-refractivity contribution < 1.29 is 19.1 Å². The molecule has 0 atom stereocenters. The van der Waals surface area contributed by atoms with E-state index in [1.54, 1.807) is 54.6 Å². The van der Waals surface area contributed by atoms with Crippen LogP contribution in [-0.4, -0.2) is 24.9 Å². The standard InChI is InChI=1S/C22H18N2O4/c1-28-22(27)17-9-5-7-15(13-17)20(25)24-19-12-6-8-16(14-19)21(26)23-18-10-3-2-4-11-18/h2-14H,1H3,(H,23,26)(H,24,25). The van der Waals surface area contributed by atoms with Gasteiger partial charge >= 0.3 is 5.97 Å². The summed E-state index contributed by atoms with van der Waals surface area (Å²) in [6.07, 6.45) is 0. The average Bonchev–Trinajstić information content (AvgIpc) is 2.74.